The average molecular weight is 281 g/mol. The molecule has 0 aliphatic carbocycles. The Morgan fingerprint density at radius 2 is 2.12 bits per heavy atom. The van der Waals surface area contributed by atoms with E-state index in [-0.39, 0.29) is 0 Å². The van der Waals surface area contributed by atoms with Crippen LogP contribution >= 0.6 is 15.9 Å². The lowest BCUT2D eigenvalue weighted by Crippen LogP contribution is -2.12. The summed E-state index contributed by atoms with van der Waals surface area (Å²) in [5.74, 6) is 0.939. The standard InChI is InChI=1S/C12H13BrN2O/c13-11-6-9(3-4-12(11)14)7-15-8-10-2-1-5-16-10/h1-6,15H,7-8,14H2. The van der Waals surface area contributed by atoms with Crippen molar-refractivity contribution in [3.63, 3.8) is 0 Å². The van der Waals surface area contributed by atoms with E-state index in [1.165, 1.54) is 5.56 Å². The van der Waals surface area contributed by atoms with Crippen LogP contribution < -0.4 is 11.1 Å². The van der Waals surface area contributed by atoms with Crippen molar-refractivity contribution in [2.75, 3.05) is 5.73 Å². The van der Waals surface area contributed by atoms with Crippen LogP contribution in [0.4, 0.5) is 5.69 Å². The van der Waals surface area contributed by atoms with E-state index in [4.69, 9.17) is 10.2 Å². The van der Waals surface area contributed by atoms with Gasteiger partial charge in [0.15, 0.2) is 0 Å². The van der Waals surface area contributed by atoms with Crippen molar-refractivity contribution >= 4 is 21.6 Å². The molecule has 4 heteroatoms. The second-order valence-corrected chi connectivity index (χ2v) is 4.39. The van der Waals surface area contributed by atoms with E-state index in [0.29, 0.717) is 0 Å². The lowest BCUT2D eigenvalue weighted by Gasteiger charge is -2.05. The molecule has 1 heterocycles. The molecule has 0 aliphatic rings. The molecule has 0 unspecified atom stereocenters. The van der Waals surface area contributed by atoms with Crippen LogP contribution in [-0.4, -0.2) is 0 Å². The first-order valence-electron chi connectivity index (χ1n) is 5.03. The third-order valence-electron chi connectivity index (χ3n) is 2.27. The molecule has 0 bridgehead atoms. The molecule has 16 heavy (non-hydrogen) atoms. The lowest BCUT2D eigenvalue weighted by molar-refractivity contribution is 0.483. The summed E-state index contributed by atoms with van der Waals surface area (Å²) in [6.07, 6.45) is 1.68. The maximum atomic E-state index is 5.71. The van der Waals surface area contributed by atoms with Crippen LogP contribution in [0, 0.1) is 0 Å². The molecule has 2 aromatic rings. The minimum Gasteiger partial charge on any atom is -0.468 e. The van der Waals surface area contributed by atoms with Gasteiger partial charge in [-0.3, -0.25) is 0 Å². The van der Waals surface area contributed by atoms with Crippen LogP contribution in [0.1, 0.15) is 11.3 Å². The highest BCUT2D eigenvalue weighted by atomic mass is 79.9. The van der Waals surface area contributed by atoms with Crippen LogP contribution in [0.15, 0.2) is 45.5 Å². The molecule has 84 valence electrons. The number of halogens is 1. The molecule has 3 N–H and O–H groups in total. The van der Waals surface area contributed by atoms with Gasteiger partial charge in [-0.2, -0.15) is 0 Å². The minimum atomic E-state index is 0.731. The highest BCUT2D eigenvalue weighted by Crippen LogP contribution is 2.20. The Morgan fingerprint density at radius 1 is 1.25 bits per heavy atom. The number of nitrogens with one attached hydrogen (secondary N) is 1. The van der Waals surface area contributed by atoms with Crippen molar-refractivity contribution in [3.8, 4) is 0 Å². The molecule has 0 saturated heterocycles. The van der Waals surface area contributed by atoms with Gasteiger partial charge in [-0.15, -0.1) is 0 Å². The Morgan fingerprint density at radius 3 is 2.81 bits per heavy atom. The first kappa shape index (κ1) is 11.2. The lowest BCUT2D eigenvalue weighted by atomic mass is 10.2. The summed E-state index contributed by atoms with van der Waals surface area (Å²) in [6, 6.07) is 9.76. The van der Waals surface area contributed by atoms with Crippen LogP contribution in [-0.2, 0) is 13.1 Å². The van der Waals surface area contributed by atoms with Crippen molar-refractivity contribution in [2.45, 2.75) is 13.1 Å². The quantitative estimate of drug-likeness (QED) is 0.847. The smallest absolute Gasteiger partial charge is 0.117 e. The van der Waals surface area contributed by atoms with E-state index in [1.807, 2.05) is 30.3 Å². The molecular weight excluding hydrogens is 268 g/mol. The van der Waals surface area contributed by atoms with Gasteiger partial charge >= 0.3 is 0 Å². The molecule has 0 amide bonds. The average Bonchev–Trinajstić information content (AvgIpc) is 2.76. The Balaban J connectivity index is 1.87. The van der Waals surface area contributed by atoms with E-state index < -0.39 is 0 Å². The zero-order valence-electron chi connectivity index (χ0n) is 8.74. The fraction of sp³-hybridized carbons (Fsp3) is 0.167. The first-order chi connectivity index (χ1) is 7.75. The van der Waals surface area contributed by atoms with Crippen molar-refractivity contribution in [2.24, 2.45) is 0 Å². The monoisotopic (exact) mass is 280 g/mol. The zero-order valence-corrected chi connectivity index (χ0v) is 10.3. The number of nitrogens with two attached hydrogens (primary N) is 1. The molecule has 1 aromatic carbocycles. The van der Waals surface area contributed by atoms with Gasteiger partial charge in [0.05, 0.1) is 12.8 Å². The topological polar surface area (TPSA) is 51.2 Å². The van der Waals surface area contributed by atoms with Gasteiger partial charge < -0.3 is 15.5 Å². The first-order valence-corrected chi connectivity index (χ1v) is 5.82. The van der Waals surface area contributed by atoms with Gasteiger partial charge in [0, 0.05) is 16.7 Å². The maximum absolute atomic E-state index is 5.71. The number of anilines is 1. The van der Waals surface area contributed by atoms with Crippen LogP contribution in [0.2, 0.25) is 0 Å². The summed E-state index contributed by atoms with van der Waals surface area (Å²) in [4.78, 5) is 0. The van der Waals surface area contributed by atoms with E-state index in [1.54, 1.807) is 6.26 Å². The van der Waals surface area contributed by atoms with Crippen LogP contribution in [0.25, 0.3) is 0 Å². The number of rotatable bonds is 4. The predicted octanol–water partition coefficient (Wildman–Crippen LogP) is 2.91. The Kier molecular flexibility index (Phi) is 3.64. The molecule has 0 spiro atoms. The molecule has 0 saturated carbocycles. The molecule has 0 radical (unpaired) electrons. The summed E-state index contributed by atoms with van der Waals surface area (Å²) in [5, 5.41) is 3.30. The molecule has 2 rings (SSSR count). The molecule has 0 fully saturated rings. The number of nitrogen functional groups attached to an aromatic ring is 1. The predicted molar refractivity (Wildman–Crippen MR) is 67.8 cm³/mol. The van der Waals surface area contributed by atoms with Gasteiger partial charge in [0.1, 0.15) is 5.76 Å². The number of benzene rings is 1. The molecule has 0 aliphatic heterocycles. The number of hydrogen-bond donors (Lipinski definition) is 2. The summed E-state index contributed by atoms with van der Waals surface area (Å²) in [6.45, 7) is 1.52. The van der Waals surface area contributed by atoms with Crippen LogP contribution in [0.5, 0.6) is 0 Å². The van der Waals surface area contributed by atoms with E-state index in [0.717, 1.165) is 29.0 Å². The number of hydrogen-bond acceptors (Lipinski definition) is 3. The Hall–Kier alpha value is -1.26. The van der Waals surface area contributed by atoms with E-state index >= 15 is 0 Å². The molecule has 1 aromatic heterocycles. The van der Waals surface area contributed by atoms with Crippen molar-refractivity contribution < 1.29 is 4.42 Å². The fourth-order valence-corrected chi connectivity index (χ4v) is 1.85. The largest absolute Gasteiger partial charge is 0.468 e. The minimum absolute atomic E-state index is 0.731. The normalized spacial score (nSPS) is 10.6. The third kappa shape index (κ3) is 2.87. The fourth-order valence-electron chi connectivity index (χ4n) is 1.42. The second-order valence-electron chi connectivity index (χ2n) is 3.54. The van der Waals surface area contributed by atoms with Gasteiger partial charge in [-0.05, 0) is 45.8 Å². The summed E-state index contributed by atoms with van der Waals surface area (Å²) >= 11 is 3.41. The zero-order chi connectivity index (χ0) is 11.4. The van der Waals surface area contributed by atoms with Gasteiger partial charge in [-0.1, -0.05) is 6.07 Å². The van der Waals surface area contributed by atoms with Gasteiger partial charge in [-0.25, -0.2) is 0 Å². The highest BCUT2D eigenvalue weighted by Gasteiger charge is 1.99. The van der Waals surface area contributed by atoms with Crippen molar-refractivity contribution in [3.05, 3.63) is 52.4 Å². The maximum Gasteiger partial charge on any atom is 0.117 e. The Labute approximate surface area is 103 Å². The van der Waals surface area contributed by atoms with E-state index in [2.05, 4.69) is 21.2 Å². The highest BCUT2D eigenvalue weighted by molar-refractivity contribution is 9.10. The second kappa shape index (κ2) is 5.18. The molecule has 3 nitrogen and oxygen atoms in total. The SMILES string of the molecule is Nc1ccc(CNCc2ccco2)cc1Br. The third-order valence-corrected chi connectivity index (χ3v) is 2.96. The summed E-state index contributed by atoms with van der Waals surface area (Å²) in [5.41, 5.74) is 7.66. The van der Waals surface area contributed by atoms with Crippen LogP contribution in [0.3, 0.4) is 0 Å². The van der Waals surface area contributed by atoms with Crippen molar-refractivity contribution in [1.29, 1.82) is 0 Å². The summed E-state index contributed by atoms with van der Waals surface area (Å²) in [7, 11) is 0. The Bertz CT molecular complexity index is 454. The summed E-state index contributed by atoms with van der Waals surface area (Å²) < 4.78 is 6.16. The van der Waals surface area contributed by atoms with E-state index in [9.17, 15) is 0 Å². The molecular formula is C12H13BrN2O. The van der Waals surface area contributed by atoms with Crippen molar-refractivity contribution in [1.82, 2.24) is 5.32 Å². The van der Waals surface area contributed by atoms with Gasteiger partial charge in [0.2, 0.25) is 0 Å². The van der Waals surface area contributed by atoms with Gasteiger partial charge in [0.25, 0.3) is 0 Å². The molecule has 0 atom stereocenters. The number of furan rings is 1.